The number of furan rings is 1. The van der Waals surface area contributed by atoms with E-state index in [9.17, 15) is 4.79 Å². The number of nitrogens with zero attached hydrogens (tertiary/aromatic N) is 3. The Bertz CT molecular complexity index is 660. The third-order valence-corrected chi connectivity index (χ3v) is 5.56. The topological polar surface area (TPSA) is 73.0 Å². The summed E-state index contributed by atoms with van der Waals surface area (Å²) in [7, 11) is 1.89. The molecule has 2 heterocycles. The lowest BCUT2D eigenvalue weighted by molar-refractivity contribution is -0.121. The van der Waals surface area contributed by atoms with Gasteiger partial charge in [0.2, 0.25) is 5.91 Å². The Morgan fingerprint density at radius 2 is 2.08 bits per heavy atom. The minimum Gasteiger partial charge on any atom is -0.461 e. The lowest BCUT2D eigenvalue weighted by Crippen LogP contribution is -2.39. The summed E-state index contributed by atoms with van der Waals surface area (Å²) in [5.74, 6) is 1.42. The van der Waals surface area contributed by atoms with E-state index in [1.165, 1.54) is 37.4 Å². The van der Waals surface area contributed by atoms with Crippen molar-refractivity contribution < 1.29 is 9.21 Å². The zero-order valence-corrected chi connectivity index (χ0v) is 15.0. The van der Waals surface area contributed by atoms with Crippen molar-refractivity contribution in [3.8, 4) is 11.6 Å². The molecule has 0 unspecified atom stereocenters. The number of carbonyl (C=O) groups excluding carboxylic acids is 1. The monoisotopic (exact) mass is 348 g/mol. The van der Waals surface area contributed by atoms with Crippen molar-refractivity contribution in [3.63, 3.8) is 0 Å². The van der Waals surface area contributed by atoms with E-state index in [2.05, 4.69) is 15.5 Å². The number of hydrogen-bond acceptors (Lipinski definition) is 5. The van der Waals surface area contributed by atoms with E-state index in [4.69, 9.17) is 4.42 Å². The van der Waals surface area contributed by atoms with Crippen molar-refractivity contribution in [1.29, 1.82) is 0 Å². The minimum atomic E-state index is -0.208. The number of rotatable bonds is 5. The molecule has 0 saturated heterocycles. The van der Waals surface area contributed by atoms with Crippen LogP contribution in [0.15, 0.2) is 28.0 Å². The van der Waals surface area contributed by atoms with Gasteiger partial charge >= 0.3 is 0 Å². The Kier molecular flexibility index (Phi) is 5.60. The van der Waals surface area contributed by atoms with Gasteiger partial charge in [-0.05, 0) is 31.9 Å². The van der Waals surface area contributed by atoms with Crippen LogP contribution in [0, 0.1) is 0 Å². The maximum Gasteiger partial charge on any atom is 0.233 e. The number of thioether (sulfide) groups is 1. The molecule has 1 aliphatic carbocycles. The molecule has 2 aromatic rings. The summed E-state index contributed by atoms with van der Waals surface area (Å²) in [6.07, 6.45) is 8.78. The molecule has 1 aliphatic rings. The third-order valence-electron chi connectivity index (χ3n) is 4.43. The van der Waals surface area contributed by atoms with Crippen LogP contribution in [0.5, 0.6) is 0 Å². The van der Waals surface area contributed by atoms with Crippen LogP contribution in [0.25, 0.3) is 11.6 Å². The van der Waals surface area contributed by atoms with E-state index < -0.39 is 0 Å². The normalized spacial score (nSPS) is 17.4. The van der Waals surface area contributed by atoms with Gasteiger partial charge in [0.1, 0.15) is 0 Å². The molecule has 7 heteroatoms. The van der Waals surface area contributed by atoms with Crippen molar-refractivity contribution in [2.75, 3.05) is 0 Å². The fraction of sp³-hybridized carbons (Fsp3) is 0.588. The van der Waals surface area contributed by atoms with Crippen molar-refractivity contribution >= 4 is 17.7 Å². The van der Waals surface area contributed by atoms with E-state index in [1.54, 1.807) is 6.26 Å². The Morgan fingerprint density at radius 1 is 1.33 bits per heavy atom. The number of nitrogens with one attached hydrogen (secondary N) is 1. The molecule has 24 heavy (non-hydrogen) atoms. The van der Waals surface area contributed by atoms with Crippen LogP contribution in [0.4, 0.5) is 0 Å². The molecule has 6 nitrogen and oxygen atoms in total. The van der Waals surface area contributed by atoms with Crippen LogP contribution in [0.1, 0.15) is 45.4 Å². The lowest BCUT2D eigenvalue weighted by Gasteiger charge is -2.19. The summed E-state index contributed by atoms with van der Waals surface area (Å²) >= 11 is 1.43. The van der Waals surface area contributed by atoms with Crippen molar-refractivity contribution in [2.45, 2.75) is 61.9 Å². The molecule has 0 aromatic carbocycles. The summed E-state index contributed by atoms with van der Waals surface area (Å²) in [5.41, 5.74) is 0. The Morgan fingerprint density at radius 3 is 2.75 bits per heavy atom. The first-order valence-corrected chi connectivity index (χ1v) is 9.43. The van der Waals surface area contributed by atoms with E-state index in [0.717, 1.165) is 12.8 Å². The van der Waals surface area contributed by atoms with Gasteiger partial charge in [-0.25, -0.2) is 0 Å². The molecule has 1 atom stereocenters. The highest BCUT2D eigenvalue weighted by Crippen LogP contribution is 2.26. The Balaban J connectivity index is 1.60. The van der Waals surface area contributed by atoms with Crippen LogP contribution >= 0.6 is 11.8 Å². The second-order valence-corrected chi connectivity index (χ2v) is 7.61. The largest absolute Gasteiger partial charge is 0.461 e. The molecule has 2 aromatic heterocycles. The molecule has 1 fully saturated rings. The number of aromatic nitrogens is 3. The molecule has 130 valence electrons. The van der Waals surface area contributed by atoms with Crippen LogP contribution < -0.4 is 5.32 Å². The van der Waals surface area contributed by atoms with Gasteiger partial charge in [-0.15, -0.1) is 10.2 Å². The van der Waals surface area contributed by atoms with Gasteiger partial charge in [-0.3, -0.25) is 4.79 Å². The average Bonchev–Trinajstić information content (AvgIpc) is 3.13. The molecular formula is C17H24N4O2S. The van der Waals surface area contributed by atoms with Crippen LogP contribution in [-0.4, -0.2) is 32.0 Å². The Hall–Kier alpha value is -1.76. The highest BCUT2D eigenvalue weighted by Gasteiger charge is 2.22. The summed E-state index contributed by atoms with van der Waals surface area (Å²) < 4.78 is 7.23. The molecule has 0 aliphatic heterocycles. The zero-order valence-electron chi connectivity index (χ0n) is 14.2. The van der Waals surface area contributed by atoms with Gasteiger partial charge in [0, 0.05) is 13.1 Å². The molecule has 1 amide bonds. The van der Waals surface area contributed by atoms with E-state index in [1.807, 2.05) is 30.7 Å². The molecule has 3 rings (SSSR count). The van der Waals surface area contributed by atoms with Gasteiger partial charge in [0.25, 0.3) is 0 Å². The lowest BCUT2D eigenvalue weighted by atomic mass is 10.1. The summed E-state index contributed by atoms with van der Waals surface area (Å²) in [6.45, 7) is 1.91. The predicted octanol–water partition coefficient (Wildman–Crippen LogP) is 3.39. The quantitative estimate of drug-likeness (QED) is 0.662. The third kappa shape index (κ3) is 4.01. The number of carbonyl (C=O) groups is 1. The summed E-state index contributed by atoms with van der Waals surface area (Å²) in [6, 6.07) is 3.99. The van der Waals surface area contributed by atoms with Gasteiger partial charge in [0.05, 0.1) is 11.5 Å². The summed E-state index contributed by atoms with van der Waals surface area (Å²) in [5, 5.41) is 12.1. The zero-order chi connectivity index (χ0) is 16.9. The average molecular weight is 348 g/mol. The van der Waals surface area contributed by atoms with E-state index in [0.29, 0.717) is 22.8 Å². The maximum absolute atomic E-state index is 12.5. The van der Waals surface area contributed by atoms with Crippen molar-refractivity contribution in [2.24, 2.45) is 7.05 Å². The smallest absolute Gasteiger partial charge is 0.233 e. The number of amides is 1. The van der Waals surface area contributed by atoms with Crippen LogP contribution in [0.2, 0.25) is 0 Å². The first-order valence-electron chi connectivity index (χ1n) is 8.55. The summed E-state index contributed by atoms with van der Waals surface area (Å²) in [4.78, 5) is 12.5. The second kappa shape index (κ2) is 7.88. The first-order chi connectivity index (χ1) is 11.6. The predicted molar refractivity (Wildman–Crippen MR) is 93.7 cm³/mol. The molecule has 0 bridgehead atoms. The molecule has 0 radical (unpaired) electrons. The van der Waals surface area contributed by atoms with Gasteiger partial charge in [-0.1, -0.05) is 37.4 Å². The van der Waals surface area contributed by atoms with E-state index >= 15 is 0 Å². The van der Waals surface area contributed by atoms with Crippen molar-refractivity contribution in [3.05, 3.63) is 18.4 Å². The Labute approximate surface area is 146 Å². The fourth-order valence-electron chi connectivity index (χ4n) is 2.99. The van der Waals surface area contributed by atoms with Crippen LogP contribution in [-0.2, 0) is 11.8 Å². The molecular weight excluding hydrogens is 324 g/mol. The highest BCUT2D eigenvalue weighted by atomic mass is 32.2. The van der Waals surface area contributed by atoms with E-state index in [-0.39, 0.29) is 11.2 Å². The first kappa shape index (κ1) is 17.1. The van der Waals surface area contributed by atoms with Gasteiger partial charge in [0.15, 0.2) is 16.7 Å². The molecule has 1 saturated carbocycles. The standard InChI is InChI=1S/C17H24N4O2S/c1-12(16(22)18-13-8-5-3-4-6-9-13)24-17-20-19-15(21(17)2)14-10-7-11-23-14/h7,10-13H,3-6,8-9H2,1-2H3,(H,18,22)/t12-/m0/s1. The molecule has 0 spiro atoms. The molecule has 1 N–H and O–H groups in total. The minimum absolute atomic E-state index is 0.0782. The van der Waals surface area contributed by atoms with Crippen LogP contribution in [0.3, 0.4) is 0 Å². The second-order valence-electron chi connectivity index (χ2n) is 6.30. The number of hydrogen-bond donors (Lipinski definition) is 1. The van der Waals surface area contributed by atoms with Crippen molar-refractivity contribution in [1.82, 2.24) is 20.1 Å². The fourth-order valence-corrected chi connectivity index (χ4v) is 3.82. The highest BCUT2D eigenvalue weighted by molar-refractivity contribution is 8.00. The van der Waals surface area contributed by atoms with Gasteiger partial charge in [-0.2, -0.15) is 0 Å². The maximum atomic E-state index is 12.5. The SMILES string of the molecule is C[C@H](Sc1nnc(-c2ccco2)n1C)C(=O)NC1CCCCCC1. The van der Waals surface area contributed by atoms with Gasteiger partial charge < -0.3 is 14.3 Å².